The van der Waals surface area contributed by atoms with E-state index in [1.54, 1.807) is 24.4 Å². The van der Waals surface area contributed by atoms with Crippen molar-refractivity contribution in [3.05, 3.63) is 68.3 Å². The molecule has 3 rings (SSSR count). The van der Waals surface area contributed by atoms with Crippen molar-refractivity contribution in [3.63, 3.8) is 0 Å². The molecule has 1 aliphatic rings. The zero-order valence-electron chi connectivity index (χ0n) is 12.0. The predicted octanol–water partition coefficient (Wildman–Crippen LogP) is 3.53. The lowest BCUT2D eigenvalue weighted by Gasteiger charge is -1.99. The lowest BCUT2D eigenvalue weighted by atomic mass is 10.3. The Morgan fingerprint density at radius 3 is 2.83 bits per heavy atom. The van der Waals surface area contributed by atoms with Crippen molar-refractivity contribution in [2.75, 3.05) is 0 Å². The van der Waals surface area contributed by atoms with E-state index in [1.165, 1.54) is 18.2 Å². The van der Waals surface area contributed by atoms with E-state index < -0.39 is 4.92 Å². The second kappa shape index (κ2) is 6.81. The third-order valence-corrected chi connectivity index (χ3v) is 4.19. The van der Waals surface area contributed by atoms with Gasteiger partial charge in [-0.15, -0.1) is 0 Å². The highest BCUT2D eigenvalue weighted by molar-refractivity contribution is 8.18. The molecule has 1 fully saturated rings. The standard InChI is InChI=1S/C15H9ClN4O3S/c16-11-8-10(20(22)23)4-5-12(11)18-15-19-14(21)13(24-15)7-9-3-1-2-6-17-9/h1-8H,(H,18,19,21)/b13-7-. The number of amides is 1. The average Bonchev–Trinajstić information content (AvgIpc) is 2.89. The van der Waals surface area contributed by atoms with Crippen molar-refractivity contribution in [2.45, 2.75) is 0 Å². The maximum absolute atomic E-state index is 12.0. The summed E-state index contributed by atoms with van der Waals surface area (Å²) in [4.78, 5) is 31.0. The third-order valence-electron chi connectivity index (χ3n) is 2.98. The molecule has 24 heavy (non-hydrogen) atoms. The van der Waals surface area contributed by atoms with E-state index in [-0.39, 0.29) is 16.6 Å². The molecule has 0 unspecified atom stereocenters. The van der Waals surface area contributed by atoms with Gasteiger partial charge >= 0.3 is 0 Å². The zero-order valence-corrected chi connectivity index (χ0v) is 13.5. The van der Waals surface area contributed by atoms with Crippen LogP contribution in [0.15, 0.2) is 52.5 Å². The van der Waals surface area contributed by atoms with Crippen LogP contribution in [-0.2, 0) is 4.79 Å². The number of halogens is 1. The fourth-order valence-corrected chi connectivity index (χ4v) is 2.92. The van der Waals surface area contributed by atoms with E-state index in [0.29, 0.717) is 21.5 Å². The highest BCUT2D eigenvalue weighted by atomic mass is 35.5. The number of amidine groups is 1. The molecule has 7 nitrogen and oxygen atoms in total. The number of nitrogens with one attached hydrogen (secondary N) is 1. The average molecular weight is 361 g/mol. The van der Waals surface area contributed by atoms with Gasteiger partial charge in [-0.1, -0.05) is 17.7 Å². The summed E-state index contributed by atoms with van der Waals surface area (Å²) >= 11 is 7.14. The van der Waals surface area contributed by atoms with Crippen LogP contribution in [0.25, 0.3) is 6.08 Å². The lowest BCUT2D eigenvalue weighted by molar-refractivity contribution is -0.384. The van der Waals surface area contributed by atoms with Gasteiger partial charge in [0.15, 0.2) is 5.17 Å². The molecule has 0 radical (unpaired) electrons. The van der Waals surface area contributed by atoms with Crippen molar-refractivity contribution >= 4 is 51.9 Å². The number of hydrogen-bond acceptors (Lipinski definition) is 6. The highest BCUT2D eigenvalue weighted by Crippen LogP contribution is 2.32. The van der Waals surface area contributed by atoms with Crippen LogP contribution in [0.5, 0.6) is 0 Å². The molecule has 1 aromatic heterocycles. The van der Waals surface area contributed by atoms with Crippen LogP contribution in [0, 0.1) is 10.1 Å². The van der Waals surface area contributed by atoms with Crippen LogP contribution in [0.3, 0.4) is 0 Å². The number of nitro benzene ring substituents is 1. The molecule has 0 aliphatic carbocycles. The number of aliphatic imine (C=N–C) groups is 1. The zero-order chi connectivity index (χ0) is 17.1. The third kappa shape index (κ3) is 3.61. The Morgan fingerprint density at radius 1 is 1.33 bits per heavy atom. The Labute approximate surface area is 145 Å². The van der Waals surface area contributed by atoms with Crippen LogP contribution in [-0.4, -0.2) is 21.0 Å². The smallest absolute Gasteiger partial charge is 0.271 e. The Morgan fingerprint density at radius 2 is 2.17 bits per heavy atom. The Balaban J connectivity index is 1.84. The van der Waals surface area contributed by atoms with E-state index in [1.807, 2.05) is 6.07 Å². The van der Waals surface area contributed by atoms with E-state index in [0.717, 1.165) is 11.8 Å². The minimum absolute atomic E-state index is 0.122. The summed E-state index contributed by atoms with van der Waals surface area (Å²) in [6, 6.07) is 9.34. The van der Waals surface area contributed by atoms with Crippen LogP contribution < -0.4 is 5.32 Å². The van der Waals surface area contributed by atoms with Gasteiger partial charge in [-0.2, -0.15) is 0 Å². The summed E-state index contributed by atoms with van der Waals surface area (Å²) in [7, 11) is 0. The molecule has 1 amide bonds. The van der Waals surface area contributed by atoms with Crippen molar-refractivity contribution in [2.24, 2.45) is 4.99 Å². The fraction of sp³-hybridized carbons (Fsp3) is 0. The minimum atomic E-state index is -0.539. The van der Waals surface area contributed by atoms with Crippen LogP contribution in [0.1, 0.15) is 5.69 Å². The topological polar surface area (TPSA) is 97.5 Å². The number of nitro groups is 1. The monoisotopic (exact) mass is 360 g/mol. The minimum Gasteiger partial charge on any atom is -0.300 e. The lowest BCUT2D eigenvalue weighted by Crippen LogP contribution is -2.19. The number of carbonyl (C=O) groups is 1. The Bertz CT molecular complexity index is 884. The van der Waals surface area contributed by atoms with Gasteiger partial charge in [0.25, 0.3) is 11.6 Å². The van der Waals surface area contributed by atoms with Gasteiger partial charge in [-0.05, 0) is 36.0 Å². The molecule has 1 aliphatic heterocycles. The van der Waals surface area contributed by atoms with Gasteiger partial charge in [0.05, 0.1) is 26.2 Å². The number of non-ortho nitro benzene ring substituents is 1. The molecule has 0 saturated carbocycles. The van der Waals surface area contributed by atoms with E-state index in [9.17, 15) is 14.9 Å². The molecule has 0 spiro atoms. The molecular formula is C15H9ClN4O3S. The molecule has 2 heterocycles. The first-order valence-electron chi connectivity index (χ1n) is 6.67. The number of hydrogen-bond donors (Lipinski definition) is 1. The second-order valence-electron chi connectivity index (χ2n) is 4.63. The van der Waals surface area contributed by atoms with E-state index >= 15 is 0 Å². The predicted molar refractivity (Wildman–Crippen MR) is 93.1 cm³/mol. The molecular weight excluding hydrogens is 352 g/mol. The Hall–Kier alpha value is -2.71. The summed E-state index contributed by atoms with van der Waals surface area (Å²) in [6.45, 7) is 0. The van der Waals surface area contributed by atoms with Gasteiger partial charge in [-0.3, -0.25) is 19.9 Å². The molecule has 0 bridgehead atoms. The molecule has 1 N–H and O–H groups in total. The van der Waals surface area contributed by atoms with Gasteiger partial charge < -0.3 is 5.32 Å². The van der Waals surface area contributed by atoms with Crippen LogP contribution in [0.4, 0.5) is 11.4 Å². The number of nitrogens with zero attached hydrogens (tertiary/aromatic N) is 3. The molecule has 120 valence electrons. The molecule has 1 aromatic carbocycles. The van der Waals surface area contributed by atoms with Gasteiger partial charge in [0.2, 0.25) is 0 Å². The summed E-state index contributed by atoms with van der Waals surface area (Å²) < 4.78 is 0. The maximum atomic E-state index is 12.0. The van der Waals surface area contributed by atoms with Crippen molar-refractivity contribution in [1.29, 1.82) is 0 Å². The van der Waals surface area contributed by atoms with E-state index in [4.69, 9.17) is 11.6 Å². The van der Waals surface area contributed by atoms with Gasteiger partial charge in [0, 0.05) is 18.3 Å². The van der Waals surface area contributed by atoms with Gasteiger partial charge in [0.1, 0.15) is 0 Å². The first-order valence-corrected chi connectivity index (χ1v) is 7.87. The summed E-state index contributed by atoms with van der Waals surface area (Å²) in [6.07, 6.45) is 3.29. The SMILES string of the molecule is O=C1NC(=Nc2ccc([N+](=O)[O-])cc2Cl)S/C1=C\c1ccccn1. The largest absolute Gasteiger partial charge is 0.300 e. The van der Waals surface area contributed by atoms with Crippen LogP contribution in [0.2, 0.25) is 5.02 Å². The quantitative estimate of drug-likeness (QED) is 0.513. The molecule has 0 atom stereocenters. The van der Waals surface area contributed by atoms with Crippen molar-refractivity contribution in [3.8, 4) is 0 Å². The number of carbonyl (C=O) groups excluding carboxylic acids is 1. The molecule has 2 aromatic rings. The first kappa shape index (κ1) is 16.2. The number of thioether (sulfide) groups is 1. The van der Waals surface area contributed by atoms with Crippen molar-refractivity contribution in [1.82, 2.24) is 10.3 Å². The fourth-order valence-electron chi connectivity index (χ4n) is 1.89. The number of benzene rings is 1. The maximum Gasteiger partial charge on any atom is 0.271 e. The van der Waals surface area contributed by atoms with Crippen LogP contribution >= 0.6 is 23.4 Å². The van der Waals surface area contributed by atoms with E-state index in [2.05, 4.69) is 15.3 Å². The summed E-state index contributed by atoms with van der Waals surface area (Å²) in [5.74, 6) is -0.289. The molecule has 9 heteroatoms. The first-order chi connectivity index (χ1) is 11.5. The second-order valence-corrected chi connectivity index (χ2v) is 6.07. The highest BCUT2D eigenvalue weighted by Gasteiger charge is 2.24. The normalized spacial score (nSPS) is 17.3. The number of aromatic nitrogens is 1. The number of pyridine rings is 1. The van der Waals surface area contributed by atoms with Gasteiger partial charge in [-0.25, -0.2) is 4.99 Å². The summed E-state index contributed by atoms with van der Waals surface area (Å²) in [5, 5.41) is 13.8. The Kier molecular flexibility index (Phi) is 4.59. The summed E-state index contributed by atoms with van der Waals surface area (Å²) in [5.41, 5.74) is 0.872. The number of rotatable bonds is 3. The van der Waals surface area contributed by atoms with Crippen molar-refractivity contribution < 1.29 is 9.72 Å². The molecule has 1 saturated heterocycles.